The Kier molecular flexibility index (Phi) is 7.06. The van der Waals surface area contributed by atoms with Gasteiger partial charge in [-0.25, -0.2) is 0 Å². The lowest BCUT2D eigenvalue weighted by molar-refractivity contribution is -0.126. The van der Waals surface area contributed by atoms with Gasteiger partial charge in [0.1, 0.15) is 0 Å². The molecule has 0 radical (unpaired) electrons. The summed E-state index contributed by atoms with van der Waals surface area (Å²) in [6, 6.07) is 8.57. The molecule has 1 aromatic carbocycles. The van der Waals surface area contributed by atoms with Gasteiger partial charge < -0.3 is 10.2 Å². The van der Waals surface area contributed by atoms with Gasteiger partial charge in [0.15, 0.2) is 0 Å². The van der Waals surface area contributed by atoms with Gasteiger partial charge in [0.25, 0.3) is 0 Å². The van der Waals surface area contributed by atoms with Crippen LogP contribution in [0.1, 0.15) is 30.4 Å². The number of likely N-dealkylation sites (tertiary alicyclic amines) is 1. The highest BCUT2D eigenvalue weighted by Gasteiger charge is 2.24. The Labute approximate surface area is 140 Å². The third kappa shape index (κ3) is 5.96. The molecule has 0 aromatic heterocycles. The molecule has 0 bridgehead atoms. The molecule has 4 heteroatoms. The molecule has 4 nitrogen and oxygen atoms in total. The number of carbonyl (C=O) groups is 1. The van der Waals surface area contributed by atoms with Crippen LogP contribution in [0.5, 0.6) is 0 Å². The number of aryl methyl sites for hydroxylation is 1. The summed E-state index contributed by atoms with van der Waals surface area (Å²) in [6.45, 7) is 7.02. The number of hydrogen-bond acceptors (Lipinski definition) is 3. The molecule has 0 saturated carbocycles. The zero-order chi connectivity index (χ0) is 16.7. The van der Waals surface area contributed by atoms with Crippen molar-refractivity contribution >= 4 is 5.91 Å². The lowest BCUT2D eigenvalue weighted by Gasteiger charge is -2.31. The Morgan fingerprint density at radius 3 is 2.61 bits per heavy atom. The first kappa shape index (κ1) is 18.0. The second-order valence-corrected chi connectivity index (χ2v) is 6.92. The van der Waals surface area contributed by atoms with Crippen LogP contribution in [0.15, 0.2) is 24.3 Å². The maximum absolute atomic E-state index is 12.2. The van der Waals surface area contributed by atoms with Crippen molar-refractivity contribution < 1.29 is 4.79 Å². The quantitative estimate of drug-likeness (QED) is 0.784. The highest BCUT2D eigenvalue weighted by molar-refractivity contribution is 5.78. The van der Waals surface area contributed by atoms with E-state index in [4.69, 9.17) is 0 Å². The number of piperidine rings is 1. The highest BCUT2D eigenvalue weighted by Crippen LogP contribution is 2.20. The van der Waals surface area contributed by atoms with Crippen molar-refractivity contribution in [3.8, 4) is 0 Å². The van der Waals surface area contributed by atoms with Crippen LogP contribution < -0.4 is 5.32 Å². The molecule has 0 unspecified atom stereocenters. The van der Waals surface area contributed by atoms with E-state index in [-0.39, 0.29) is 11.8 Å². The lowest BCUT2D eigenvalue weighted by atomic mass is 9.95. The Balaban J connectivity index is 1.69. The van der Waals surface area contributed by atoms with Crippen LogP contribution in [0.3, 0.4) is 0 Å². The summed E-state index contributed by atoms with van der Waals surface area (Å²) in [6.07, 6.45) is 2.97. The molecule has 0 aliphatic carbocycles. The fraction of sp³-hybridized carbons (Fsp3) is 0.632. The van der Waals surface area contributed by atoms with Crippen molar-refractivity contribution in [2.75, 3.05) is 40.3 Å². The third-order valence-electron chi connectivity index (χ3n) is 4.69. The van der Waals surface area contributed by atoms with Crippen LogP contribution in [-0.2, 0) is 11.3 Å². The molecule has 1 heterocycles. The predicted octanol–water partition coefficient (Wildman–Crippen LogP) is 2.27. The SMILES string of the molecule is Cc1ccccc1CN1CCC(C(=O)NCCCN(C)C)CC1. The number of nitrogens with zero attached hydrogens (tertiary/aromatic N) is 2. The topological polar surface area (TPSA) is 35.6 Å². The summed E-state index contributed by atoms with van der Waals surface area (Å²) >= 11 is 0. The number of benzene rings is 1. The van der Waals surface area contributed by atoms with Crippen molar-refractivity contribution in [3.63, 3.8) is 0 Å². The minimum absolute atomic E-state index is 0.197. The Morgan fingerprint density at radius 1 is 1.26 bits per heavy atom. The minimum atomic E-state index is 0.197. The smallest absolute Gasteiger partial charge is 0.223 e. The van der Waals surface area contributed by atoms with Crippen LogP contribution in [0.4, 0.5) is 0 Å². The van der Waals surface area contributed by atoms with E-state index in [1.165, 1.54) is 11.1 Å². The van der Waals surface area contributed by atoms with E-state index in [2.05, 4.69) is 60.4 Å². The molecule has 1 aliphatic heterocycles. The molecule has 1 saturated heterocycles. The van der Waals surface area contributed by atoms with E-state index in [0.29, 0.717) is 0 Å². The van der Waals surface area contributed by atoms with Crippen molar-refractivity contribution in [2.45, 2.75) is 32.7 Å². The Bertz CT molecular complexity index is 493. The lowest BCUT2D eigenvalue weighted by Crippen LogP contribution is -2.40. The van der Waals surface area contributed by atoms with Gasteiger partial charge in [-0.15, -0.1) is 0 Å². The van der Waals surface area contributed by atoms with Crippen molar-refractivity contribution in [1.29, 1.82) is 0 Å². The second kappa shape index (κ2) is 9.04. The molecule has 0 spiro atoms. The van der Waals surface area contributed by atoms with Gasteiger partial charge in [0, 0.05) is 19.0 Å². The molecule has 1 amide bonds. The fourth-order valence-electron chi connectivity index (χ4n) is 3.13. The van der Waals surface area contributed by atoms with Gasteiger partial charge in [-0.3, -0.25) is 9.69 Å². The maximum atomic E-state index is 12.2. The first-order chi connectivity index (χ1) is 11.1. The van der Waals surface area contributed by atoms with Gasteiger partial charge in [0.05, 0.1) is 0 Å². The van der Waals surface area contributed by atoms with Crippen LogP contribution in [0, 0.1) is 12.8 Å². The zero-order valence-corrected chi connectivity index (χ0v) is 14.8. The first-order valence-corrected chi connectivity index (χ1v) is 8.75. The summed E-state index contributed by atoms with van der Waals surface area (Å²) in [5, 5.41) is 3.10. The van der Waals surface area contributed by atoms with Crippen LogP contribution in [0.25, 0.3) is 0 Å². The molecular formula is C19H31N3O. The molecule has 1 fully saturated rings. The van der Waals surface area contributed by atoms with E-state index >= 15 is 0 Å². The summed E-state index contributed by atoms with van der Waals surface area (Å²) in [7, 11) is 4.12. The summed E-state index contributed by atoms with van der Waals surface area (Å²) < 4.78 is 0. The maximum Gasteiger partial charge on any atom is 0.223 e. The first-order valence-electron chi connectivity index (χ1n) is 8.75. The average molecular weight is 317 g/mol. The fourth-order valence-corrected chi connectivity index (χ4v) is 3.13. The normalized spacial score (nSPS) is 16.7. The third-order valence-corrected chi connectivity index (χ3v) is 4.69. The number of rotatable bonds is 7. The Morgan fingerprint density at radius 2 is 1.96 bits per heavy atom. The van der Waals surface area contributed by atoms with Crippen molar-refractivity contribution in [3.05, 3.63) is 35.4 Å². The molecule has 0 atom stereocenters. The van der Waals surface area contributed by atoms with E-state index < -0.39 is 0 Å². The van der Waals surface area contributed by atoms with E-state index in [1.807, 2.05) is 0 Å². The van der Waals surface area contributed by atoms with Crippen molar-refractivity contribution in [1.82, 2.24) is 15.1 Å². The average Bonchev–Trinajstić information content (AvgIpc) is 2.54. The molecule has 1 N–H and O–H groups in total. The van der Waals surface area contributed by atoms with E-state index in [9.17, 15) is 4.79 Å². The minimum Gasteiger partial charge on any atom is -0.356 e. The Hall–Kier alpha value is -1.39. The van der Waals surface area contributed by atoms with Gasteiger partial charge in [-0.2, -0.15) is 0 Å². The number of amides is 1. The van der Waals surface area contributed by atoms with Crippen LogP contribution >= 0.6 is 0 Å². The molecule has 128 valence electrons. The predicted molar refractivity (Wildman–Crippen MR) is 95.4 cm³/mol. The summed E-state index contributed by atoms with van der Waals surface area (Å²) in [5.74, 6) is 0.446. The molecule has 1 aromatic rings. The molecule has 23 heavy (non-hydrogen) atoms. The molecule has 1 aliphatic rings. The standard InChI is InChI=1S/C19H31N3O/c1-16-7-4-5-8-18(16)15-22-13-9-17(10-14-22)19(23)20-11-6-12-21(2)3/h4-5,7-8,17H,6,9-15H2,1-3H3,(H,20,23). The molecular weight excluding hydrogens is 286 g/mol. The van der Waals surface area contributed by atoms with Gasteiger partial charge >= 0.3 is 0 Å². The monoisotopic (exact) mass is 317 g/mol. The van der Waals surface area contributed by atoms with Gasteiger partial charge in [-0.1, -0.05) is 24.3 Å². The van der Waals surface area contributed by atoms with Crippen molar-refractivity contribution in [2.24, 2.45) is 5.92 Å². The van der Waals surface area contributed by atoms with Crippen LogP contribution in [-0.4, -0.2) is 56.0 Å². The summed E-state index contributed by atoms with van der Waals surface area (Å²) in [4.78, 5) is 16.8. The number of carbonyl (C=O) groups excluding carboxylic acids is 1. The van der Waals surface area contributed by atoms with E-state index in [1.54, 1.807) is 0 Å². The molecule has 2 rings (SSSR count). The van der Waals surface area contributed by atoms with E-state index in [0.717, 1.165) is 52.0 Å². The number of hydrogen-bond donors (Lipinski definition) is 1. The van der Waals surface area contributed by atoms with Gasteiger partial charge in [0.2, 0.25) is 5.91 Å². The van der Waals surface area contributed by atoms with Crippen LogP contribution in [0.2, 0.25) is 0 Å². The zero-order valence-electron chi connectivity index (χ0n) is 14.8. The van der Waals surface area contributed by atoms with Gasteiger partial charge in [-0.05, 0) is 71.0 Å². The summed E-state index contributed by atoms with van der Waals surface area (Å²) in [5.41, 5.74) is 2.76. The largest absolute Gasteiger partial charge is 0.356 e. The highest BCUT2D eigenvalue weighted by atomic mass is 16.1. The number of nitrogens with one attached hydrogen (secondary N) is 1. The second-order valence-electron chi connectivity index (χ2n) is 6.92.